The van der Waals surface area contributed by atoms with E-state index in [1.165, 1.54) is 5.56 Å². The average Bonchev–Trinajstić information content (AvgIpc) is 2.36. The second-order valence-electron chi connectivity index (χ2n) is 4.32. The molecule has 1 heterocycles. The quantitative estimate of drug-likeness (QED) is 0.841. The second-order valence-corrected chi connectivity index (χ2v) is 4.32. The van der Waals surface area contributed by atoms with Gasteiger partial charge in [-0.25, -0.2) is 0 Å². The van der Waals surface area contributed by atoms with Crippen molar-refractivity contribution in [2.75, 3.05) is 26.9 Å². The first-order chi connectivity index (χ1) is 7.82. The normalized spacial score (nSPS) is 23.6. The fourth-order valence-electron chi connectivity index (χ4n) is 2.39. The number of para-hydroxylation sites is 1. The number of ether oxygens (including phenoxy) is 2. The van der Waals surface area contributed by atoms with Crippen molar-refractivity contribution < 1.29 is 9.47 Å². The van der Waals surface area contributed by atoms with E-state index >= 15 is 0 Å². The molecular formula is C13H19NO2. The van der Waals surface area contributed by atoms with Crippen molar-refractivity contribution >= 4 is 0 Å². The summed E-state index contributed by atoms with van der Waals surface area (Å²) in [7, 11) is 1.73. The number of hydrogen-bond donors (Lipinski definition) is 1. The third kappa shape index (κ3) is 1.93. The highest BCUT2D eigenvalue weighted by Crippen LogP contribution is 2.40. The minimum absolute atomic E-state index is 0.0326. The van der Waals surface area contributed by atoms with Gasteiger partial charge in [0.15, 0.2) is 0 Å². The van der Waals surface area contributed by atoms with E-state index in [4.69, 9.17) is 15.2 Å². The van der Waals surface area contributed by atoms with Crippen LogP contribution in [-0.2, 0) is 10.2 Å². The van der Waals surface area contributed by atoms with Crippen molar-refractivity contribution in [2.24, 2.45) is 5.73 Å². The third-order valence-electron chi connectivity index (χ3n) is 3.47. The molecule has 2 N–H and O–H groups in total. The van der Waals surface area contributed by atoms with Crippen molar-refractivity contribution in [2.45, 2.75) is 18.3 Å². The summed E-state index contributed by atoms with van der Waals surface area (Å²) in [5, 5.41) is 0. The van der Waals surface area contributed by atoms with E-state index in [9.17, 15) is 0 Å². The van der Waals surface area contributed by atoms with Crippen LogP contribution in [0.3, 0.4) is 0 Å². The summed E-state index contributed by atoms with van der Waals surface area (Å²) in [4.78, 5) is 0. The Labute approximate surface area is 96.5 Å². The van der Waals surface area contributed by atoms with Gasteiger partial charge in [0.25, 0.3) is 0 Å². The maximum Gasteiger partial charge on any atom is 0.123 e. The SMILES string of the molecule is COCCC1(CN)CCOc2ccccc21. The molecule has 3 heteroatoms. The highest BCUT2D eigenvalue weighted by atomic mass is 16.5. The van der Waals surface area contributed by atoms with Crippen LogP contribution >= 0.6 is 0 Å². The van der Waals surface area contributed by atoms with Crippen LogP contribution in [0.5, 0.6) is 5.75 Å². The number of nitrogens with two attached hydrogens (primary N) is 1. The molecule has 0 radical (unpaired) electrons. The fourth-order valence-corrected chi connectivity index (χ4v) is 2.39. The lowest BCUT2D eigenvalue weighted by Gasteiger charge is -2.38. The number of hydrogen-bond acceptors (Lipinski definition) is 3. The maximum atomic E-state index is 5.98. The Morgan fingerprint density at radius 3 is 3.00 bits per heavy atom. The first-order valence-electron chi connectivity index (χ1n) is 5.74. The summed E-state index contributed by atoms with van der Waals surface area (Å²) in [6.07, 6.45) is 1.93. The van der Waals surface area contributed by atoms with Crippen LogP contribution in [0.4, 0.5) is 0 Å². The minimum atomic E-state index is 0.0326. The Balaban J connectivity index is 2.33. The van der Waals surface area contributed by atoms with Gasteiger partial charge in [0, 0.05) is 31.2 Å². The van der Waals surface area contributed by atoms with Gasteiger partial charge < -0.3 is 15.2 Å². The minimum Gasteiger partial charge on any atom is -0.493 e. The van der Waals surface area contributed by atoms with Gasteiger partial charge in [0.1, 0.15) is 5.75 Å². The van der Waals surface area contributed by atoms with E-state index in [2.05, 4.69) is 6.07 Å². The molecule has 3 nitrogen and oxygen atoms in total. The number of benzene rings is 1. The zero-order valence-electron chi connectivity index (χ0n) is 9.74. The molecule has 1 unspecified atom stereocenters. The lowest BCUT2D eigenvalue weighted by Crippen LogP contribution is -2.40. The molecule has 1 aliphatic heterocycles. The van der Waals surface area contributed by atoms with Crippen LogP contribution in [-0.4, -0.2) is 26.9 Å². The monoisotopic (exact) mass is 221 g/mol. The number of fused-ring (bicyclic) bond motifs is 1. The molecular weight excluding hydrogens is 202 g/mol. The topological polar surface area (TPSA) is 44.5 Å². The Bertz CT molecular complexity index is 354. The molecule has 1 aliphatic rings. The predicted octanol–water partition coefficient (Wildman–Crippen LogP) is 1.70. The maximum absolute atomic E-state index is 5.98. The molecule has 0 bridgehead atoms. The van der Waals surface area contributed by atoms with Crippen LogP contribution < -0.4 is 10.5 Å². The van der Waals surface area contributed by atoms with Gasteiger partial charge in [-0.05, 0) is 18.9 Å². The Hall–Kier alpha value is -1.06. The Morgan fingerprint density at radius 1 is 1.44 bits per heavy atom. The highest BCUT2D eigenvalue weighted by Gasteiger charge is 2.35. The van der Waals surface area contributed by atoms with Gasteiger partial charge in [0.2, 0.25) is 0 Å². The van der Waals surface area contributed by atoms with Gasteiger partial charge in [0.05, 0.1) is 6.61 Å². The molecule has 1 aromatic rings. The van der Waals surface area contributed by atoms with Crippen molar-refractivity contribution in [1.82, 2.24) is 0 Å². The molecule has 0 aromatic heterocycles. The van der Waals surface area contributed by atoms with Gasteiger partial charge in [-0.15, -0.1) is 0 Å². The Kier molecular flexibility index (Phi) is 3.46. The third-order valence-corrected chi connectivity index (χ3v) is 3.47. The van der Waals surface area contributed by atoms with Gasteiger partial charge in [-0.1, -0.05) is 18.2 Å². The molecule has 88 valence electrons. The van der Waals surface area contributed by atoms with Crippen molar-refractivity contribution in [3.8, 4) is 5.75 Å². The lowest BCUT2D eigenvalue weighted by molar-refractivity contribution is 0.141. The van der Waals surface area contributed by atoms with Gasteiger partial charge >= 0.3 is 0 Å². The van der Waals surface area contributed by atoms with Crippen LogP contribution in [0.25, 0.3) is 0 Å². The summed E-state index contributed by atoms with van der Waals surface area (Å²) in [5.74, 6) is 0.982. The summed E-state index contributed by atoms with van der Waals surface area (Å²) >= 11 is 0. The molecule has 2 rings (SSSR count). The standard InChI is InChI=1S/C13H19NO2/c1-15-8-6-13(10-14)7-9-16-12-5-3-2-4-11(12)13/h2-5H,6-10,14H2,1H3. The van der Waals surface area contributed by atoms with Crippen LogP contribution in [0.15, 0.2) is 24.3 Å². The largest absolute Gasteiger partial charge is 0.493 e. The molecule has 16 heavy (non-hydrogen) atoms. The first kappa shape index (κ1) is 11.4. The summed E-state index contributed by atoms with van der Waals surface area (Å²) < 4.78 is 10.9. The van der Waals surface area contributed by atoms with Crippen molar-refractivity contribution in [1.29, 1.82) is 0 Å². The van der Waals surface area contributed by atoms with Crippen molar-refractivity contribution in [3.63, 3.8) is 0 Å². The smallest absolute Gasteiger partial charge is 0.123 e. The molecule has 0 aliphatic carbocycles. The highest BCUT2D eigenvalue weighted by molar-refractivity contribution is 5.41. The second kappa shape index (κ2) is 4.85. The zero-order valence-corrected chi connectivity index (χ0v) is 9.74. The van der Waals surface area contributed by atoms with Crippen molar-refractivity contribution in [3.05, 3.63) is 29.8 Å². The van der Waals surface area contributed by atoms with Crippen LogP contribution in [0.1, 0.15) is 18.4 Å². The van der Waals surface area contributed by atoms with Gasteiger partial charge in [-0.3, -0.25) is 0 Å². The molecule has 0 spiro atoms. The molecule has 0 fully saturated rings. The van der Waals surface area contributed by atoms with E-state index in [0.717, 1.165) is 31.8 Å². The number of rotatable bonds is 4. The Morgan fingerprint density at radius 2 is 2.25 bits per heavy atom. The predicted molar refractivity (Wildman–Crippen MR) is 63.8 cm³/mol. The first-order valence-corrected chi connectivity index (χ1v) is 5.74. The van der Waals surface area contributed by atoms with E-state index in [0.29, 0.717) is 6.54 Å². The summed E-state index contributed by atoms with van der Waals surface area (Å²) in [6, 6.07) is 8.19. The van der Waals surface area contributed by atoms with E-state index in [1.807, 2.05) is 18.2 Å². The molecule has 0 amide bonds. The van der Waals surface area contributed by atoms with Crippen LogP contribution in [0, 0.1) is 0 Å². The van der Waals surface area contributed by atoms with Gasteiger partial charge in [-0.2, -0.15) is 0 Å². The fraction of sp³-hybridized carbons (Fsp3) is 0.538. The van der Waals surface area contributed by atoms with E-state index in [1.54, 1.807) is 7.11 Å². The van der Waals surface area contributed by atoms with E-state index < -0.39 is 0 Å². The van der Waals surface area contributed by atoms with Crippen LogP contribution in [0.2, 0.25) is 0 Å². The average molecular weight is 221 g/mol. The number of methoxy groups -OCH3 is 1. The zero-order chi connectivity index (χ0) is 11.4. The molecule has 0 saturated carbocycles. The van der Waals surface area contributed by atoms with E-state index in [-0.39, 0.29) is 5.41 Å². The summed E-state index contributed by atoms with van der Waals surface area (Å²) in [6.45, 7) is 2.14. The summed E-state index contributed by atoms with van der Waals surface area (Å²) in [5.41, 5.74) is 7.25. The molecule has 1 aromatic carbocycles. The molecule has 1 atom stereocenters. The lowest BCUT2D eigenvalue weighted by atomic mass is 9.73. The molecule has 0 saturated heterocycles.